The molecule has 4 nitrogen and oxygen atoms in total. The van der Waals surface area contributed by atoms with Crippen LogP contribution in [0.15, 0.2) is 12.4 Å². The Morgan fingerprint density at radius 3 is 2.82 bits per heavy atom. The molecule has 1 heterocycles. The number of aliphatic hydroxyl groups is 1. The Morgan fingerprint density at radius 2 is 2.24 bits per heavy atom. The molecule has 17 heavy (non-hydrogen) atoms. The zero-order chi connectivity index (χ0) is 12.7. The predicted octanol–water partition coefficient (Wildman–Crippen LogP) is 1.79. The smallest absolute Gasteiger partial charge is 0.0534 e. The minimum absolute atomic E-state index is 0.241. The third-order valence-electron chi connectivity index (χ3n) is 2.95. The van der Waals surface area contributed by atoms with Crippen LogP contribution in [0.3, 0.4) is 0 Å². The second-order valence-electron chi connectivity index (χ2n) is 4.86. The van der Waals surface area contributed by atoms with Gasteiger partial charge in [-0.25, -0.2) is 0 Å². The molecule has 0 aliphatic carbocycles. The molecule has 0 aliphatic heterocycles. The van der Waals surface area contributed by atoms with Gasteiger partial charge < -0.3 is 10.4 Å². The number of aromatic nitrogens is 2. The zero-order valence-corrected chi connectivity index (χ0v) is 11.2. The van der Waals surface area contributed by atoms with Gasteiger partial charge in [-0.2, -0.15) is 5.10 Å². The number of hydrogen-bond donors (Lipinski definition) is 2. The molecule has 2 N–H and O–H groups in total. The van der Waals surface area contributed by atoms with E-state index in [-0.39, 0.29) is 6.61 Å². The number of hydrogen-bond acceptors (Lipinski definition) is 3. The van der Waals surface area contributed by atoms with Gasteiger partial charge in [0.1, 0.15) is 0 Å². The Hall–Kier alpha value is -0.870. The molecule has 0 radical (unpaired) electrons. The summed E-state index contributed by atoms with van der Waals surface area (Å²) in [5, 5.41) is 16.8. The second-order valence-corrected chi connectivity index (χ2v) is 4.86. The van der Waals surface area contributed by atoms with E-state index in [0.717, 1.165) is 25.9 Å². The van der Waals surface area contributed by atoms with Crippen LogP contribution < -0.4 is 5.32 Å². The van der Waals surface area contributed by atoms with Gasteiger partial charge in [0, 0.05) is 37.5 Å². The van der Waals surface area contributed by atoms with Crippen LogP contribution >= 0.6 is 0 Å². The number of nitrogens with zero attached hydrogens (tertiary/aromatic N) is 2. The van der Waals surface area contributed by atoms with Gasteiger partial charge in [-0.15, -0.1) is 0 Å². The maximum absolute atomic E-state index is 9.00. The van der Waals surface area contributed by atoms with Crippen molar-refractivity contribution in [3.8, 4) is 0 Å². The average Bonchev–Trinajstić information content (AvgIpc) is 2.72. The third kappa shape index (κ3) is 4.88. The van der Waals surface area contributed by atoms with Crippen LogP contribution in [-0.2, 0) is 13.1 Å². The molecule has 0 saturated heterocycles. The van der Waals surface area contributed by atoms with Crippen molar-refractivity contribution < 1.29 is 5.11 Å². The Morgan fingerprint density at radius 1 is 1.47 bits per heavy atom. The first kappa shape index (κ1) is 14.2. The minimum Gasteiger partial charge on any atom is -0.396 e. The van der Waals surface area contributed by atoms with E-state index in [2.05, 4.69) is 37.4 Å². The lowest BCUT2D eigenvalue weighted by Gasteiger charge is -2.21. The van der Waals surface area contributed by atoms with E-state index in [9.17, 15) is 0 Å². The van der Waals surface area contributed by atoms with Crippen molar-refractivity contribution in [1.29, 1.82) is 0 Å². The van der Waals surface area contributed by atoms with Crippen molar-refractivity contribution in [3.05, 3.63) is 18.0 Å². The van der Waals surface area contributed by atoms with Crippen LogP contribution in [0, 0.1) is 5.92 Å². The van der Waals surface area contributed by atoms with E-state index in [1.54, 1.807) is 0 Å². The fraction of sp³-hybridized carbons (Fsp3) is 0.769. The SMILES string of the molecule is CCCn1cc(CNC(CCO)C(C)C)cn1. The molecule has 1 aromatic rings. The van der Waals surface area contributed by atoms with Crippen LogP contribution in [0.4, 0.5) is 0 Å². The summed E-state index contributed by atoms with van der Waals surface area (Å²) in [6.45, 7) is 8.54. The van der Waals surface area contributed by atoms with E-state index in [1.807, 2.05) is 10.9 Å². The number of aliphatic hydroxyl groups excluding tert-OH is 1. The first-order valence-corrected chi connectivity index (χ1v) is 6.53. The van der Waals surface area contributed by atoms with Gasteiger partial charge in [0.25, 0.3) is 0 Å². The number of nitrogens with one attached hydrogen (secondary N) is 1. The molecule has 4 heteroatoms. The van der Waals surface area contributed by atoms with Crippen LogP contribution in [-0.4, -0.2) is 27.5 Å². The molecule has 0 amide bonds. The van der Waals surface area contributed by atoms with Crippen molar-refractivity contribution in [1.82, 2.24) is 15.1 Å². The molecule has 0 fully saturated rings. The van der Waals surface area contributed by atoms with Gasteiger partial charge in [-0.3, -0.25) is 4.68 Å². The first-order valence-electron chi connectivity index (χ1n) is 6.53. The lowest BCUT2D eigenvalue weighted by atomic mass is 10.0. The van der Waals surface area contributed by atoms with Crippen LogP contribution in [0.2, 0.25) is 0 Å². The summed E-state index contributed by atoms with van der Waals surface area (Å²) in [7, 11) is 0. The van der Waals surface area contributed by atoms with E-state index in [4.69, 9.17) is 5.11 Å². The monoisotopic (exact) mass is 239 g/mol. The van der Waals surface area contributed by atoms with E-state index in [1.165, 1.54) is 5.56 Å². The predicted molar refractivity (Wildman–Crippen MR) is 69.7 cm³/mol. The average molecular weight is 239 g/mol. The molecule has 0 saturated carbocycles. The molecule has 1 rings (SSSR count). The summed E-state index contributed by atoms with van der Waals surface area (Å²) < 4.78 is 1.98. The summed E-state index contributed by atoms with van der Waals surface area (Å²) in [5.41, 5.74) is 1.21. The van der Waals surface area contributed by atoms with Crippen LogP contribution in [0.1, 0.15) is 39.2 Å². The molecule has 1 atom stereocenters. The maximum Gasteiger partial charge on any atom is 0.0534 e. The van der Waals surface area contributed by atoms with E-state index in [0.29, 0.717) is 12.0 Å². The Kier molecular flexibility index (Phi) is 6.22. The van der Waals surface area contributed by atoms with Crippen molar-refractivity contribution in [3.63, 3.8) is 0 Å². The highest BCUT2D eigenvalue weighted by molar-refractivity contribution is 5.03. The van der Waals surface area contributed by atoms with E-state index >= 15 is 0 Å². The Labute approximate surface area is 104 Å². The maximum atomic E-state index is 9.00. The van der Waals surface area contributed by atoms with Gasteiger partial charge >= 0.3 is 0 Å². The highest BCUT2D eigenvalue weighted by Gasteiger charge is 2.12. The largest absolute Gasteiger partial charge is 0.396 e. The van der Waals surface area contributed by atoms with Crippen LogP contribution in [0.5, 0.6) is 0 Å². The zero-order valence-electron chi connectivity index (χ0n) is 11.2. The van der Waals surface area contributed by atoms with Gasteiger partial charge in [-0.1, -0.05) is 20.8 Å². The summed E-state index contributed by atoms with van der Waals surface area (Å²) in [6, 6.07) is 0.370. The van der Waals surface area contributed by atoms with E-state index < -0.39 is 0 Å². The summed E-state index contributed by atoms with van der Waals surface area (Å²) in [5.74, 6) is 0.535. The standard InChI is InChI=1S/C13H25N3O/c1-4-6-16-10-12(9-15-16)8-14-13(5-7-17)11(2)3/h9-11,13-14,17H,4-8H2,1-3H3. The Balaban J connectivity index is 2.41. The highest BCUT2D eigenvalue weighted by Crippen LogP contribution is 2.07. The fourth-order valence-electron chi connectivity index (χ4n) is 1.91. The summed E-state index contributed by atoms with van der Waals surface area (Å²) in [6.07, 6.45) is 5.92. The van der Waals surface area contributed by atoms with Gasteiger partial charge in [0.15, 0.2) is 0 Å². The molecule has 0 aromatic carbocycles. The molecule has 0 bridgehead atoms. The molecular weight excluding hydrogens is 214 g/mol. The second kappa shape index (κ2) is 7.45. The summed E-state index contributed by atoms with van der Waals surface area (Å²) >= 11 is 0. The fourth-order valence-corrected chi connectivity index (χ4v) is 1.91. The highest BCUT2D eigenvalue weighted by atomic mass is 16.3. The molecule has 0 spiro atoms. The normalized spacial score (nSPS) is 13.2. The lowest BCUT2D eigenvalue weighted by molar-refractivity contribution is 0.244. The number of rotatable bonds is 8. The lowest BCUT2D eigenvalue weighted by Crippen LogP contribution is -2.34. The van der Waals surface area contributed by atoms with Gasteiger partial charge in [0.05, 0.1) is 6.20 Å². The van der Waals surface area contributed by atoms with Crippen molar-refractivity contribution >= 4 is 0 Å². The summed E-state index contributed by atoms with van der Waals surface area (Å²) in [4.78, 5) is 0. The quantitative estimate of drug-likeness (QED) is 0.727. The first-order chi connectivity index (χ1) is 8.17. The van der Waals surface area contributed by atoms with Crippen molar-refractivity contribution in [2.75, 3.05) is 6.61 Å². The van der Waals surface area contributed by atoms with Crippen LogP contribution in [0.25, 0.3) is 0 Å². The van der Waals surface area contributed by atoms with Crippen molar-refractivity contribution in [2.45, 2.75) is 52.7 Å². The topological polar surface area (TPSA) is 50.1 Å². The third-order valence-corrected chi connectivity index (χ3v) is 2.95. The molecule has 0 aliphatic rings. The minimum atomic E-state index is 0.241. The number of aryl methyl sites for hydroxylation is 1. The molecular formula is C13H25N3O. The van der Waals surface area contributed by atoms with Gasteiger partial charge in [0.2, 0.25) is 0 Å². The Bertz CT molecular complexity index is 309. The molecule has 1 aromatic heterocycles. The van der Waals surface area contributed by atoms with Crippen molar-refractivity contribution in [2.24, 2.45) is 5.92 Å². The van der Waals surface area contributed by atoms with Gasteiger partial charge in [-0.05, 0) is 18.8 Å². The molecule has 98 valence electrons. The molecule has 1 unspecified atom stereocenters.